The molecule has 12 heteroatoms. The number of nitrogens with zero attached hydrogens (tertiary/aromatic N) is 4. The smallest absolute Gasteiger partial charge is 0.269 e. The van der Waals surface area contributed by atoms with Gasteiger partial charge in [0.15, 0.2) is 0 Å². The van der Waals surface area contributed by atoms with Crippen molar-refractivity contribution >= 4 is 38.1 Å². The summed E-state index contributed by atoms with van der Waals surface area (Å²) in [5, 5.41) is 13.5. The number of aromatic nitrogens is 4. The Kier molecular flexibility index (Phi) is 4.50. The van der Waals surface area contributed by atoms with E-state index in [2.05, 4.69) is 25.3 Å². The molecule has 0 aliphatic carbocycles. The second-order valence-corrected chi connectivity index (χ2v) is 6.91. The molecule has 2 heterocycles. The van der Waals surface area contributed by atoms with Gasteiger partial charge in [-0.3, -0.25) is 9.48 Å². The van der Waals surface area contributed by atoms with Crippen molar-refractivity contribution in [2.45, 2.75) is 17.8 Å². The van der Waals surface area contributed by atoms with Crippen molar-refractivity contribution in [3.05, 3.63) is 12.4 Å². The molecule has 10 nitrogen and oxygen atoms in total. The normalized spacial score (nSPS) is 11.5. The molecule has 0 radical (unpaired) electrons. The number of nitrogen functional groups attached to an aromatic ring is 1. The van der Waals surface area contributed by atoms with Crippen LogP contribution in [0, 0.1) is 0 Å². The van der Waals surface area contributed by atoms with Crippen LogP contribution in [0.3, 0.4) is 0 Å². The molecule has 1 amide bonds. The third-order valence-corrected chi connectivity index (χ3v) is 4.87. The minimum Gasteiger partial charge on any atom is -0.396 e. The highest BCUT2D eigenvalue weighted by Gasteiger charge is 2.20. The van der Waals surface area contributed by atoms with Gasteiger partial charge in [0.1, 0.15) is 0 Å². The molecular formula is C9H13N7O3S2. The van der Waals surface area contributed by atoms with Gasteiger partial charge in [0.25, 0.3) is 10.0 Å². The summed E-state index contributed by atoms with van der Waals surface area (Å²) in [7, 11) is -3.77. The molecule has 0 fully saturated rings. The second-order valence-electron chi connectivity index (χ2n) is 3.99. The fraction of sp³-hybridized carbons (Fsp3) is 0.333. The predicted octanol–water partition coefficient (Wildman–Crippen LogP) is -0.746. The maximum Gasteiger partial charge on any atom is 0.269 e. The average Bonchev–Trinajstić information content (AvgIpc) is 2.98. The number of carbonyl (C=O) groups excluding carboxylic acids is 1. The number of amides is 1. The molecule has 0 unspecified atom stereocenters. The van der Waals surface area contributed by atoms with E-state index < -0.39 is 10.0 Å². The number of sulfonamides is 1. The summed E-state index contributed by atoms with van der Waals surface area (Å²) in [6.07, 6.45) is 3.06. The summed E-state index contributed by atoms with van der Waals surface area (Å²) in [4.78, 5) is 10.8. The standard InChI is InChI=1S/C9H13N7O3S2/c1-6(17)13-8-14-15-9(20-8)21(18,19)12-2-3-16-5-7(10)4-11-16/h4-5,12H,2-3,10H2,1H3,(H,13,14,17). The van der Waals surface area contributed by atoms with Gasteiger partial charge in [-0.2, -0.15) is 5.10 Å². The minimum atomic E-state index is -3.77. The number of carbonyl (C=O) groups is 1. The summed E-state index contributed by atoms with van der Waals surface area (Å²) < 4.78 is 27.6. The van der Waals surface area contributed by atoms with E-state index in [4.69, 9.17) is 5.73 Å². The molecule has 4 N–H and O–H groups in total. The lowest BCUT2D eigenvalue weighted by Crippen LogP contribution is -2.27. The highest BCUT2D eigenvalue weighted by molar-refractivity contribution is 7.91. The molecule has 0 spiro atoms. The SMILES string of the molecule is CC(=O)Nc1nnc(S(=O)(=O)NCCn2cc(N)cn2)s1. The van der Waals surface area contributed by atoms with Crippen LogP contribution in [-0.4, -0.2) is 40.8 Å². The van der Waals surface area contributed by atoms with Crippen LogP contribution in [0.5, 0.6) is 0 Å². The molecule has 0 aliphatic rings. The van der Waals surface area contributed by atoms with Gasteiger partial charge < -0.3 is 11.1 Å². The molecule has 2 rings (SSSR count). The van der Waals surface area contributed by atoms with E-state index in [-0.39, 0.29) is 21.9 Å². The van der Waals surface area contributed by atoms with E-state index in [9.17, 15) is 13.2 Å². The van der Waals surface area contributed by atoms with Crippen molar-refractivity contribution in [2.75, 3.05) is 17.6 Å². The van der Waals surface area contributed by atoms with Crippen LogP contribution >= 0.6 is 11.3 Å². The first-order chi connectivity index (χ1) is 9.87. The van der Waals surface area contributed by atoms with E-state index in [1.807, 2.05) is 0 Å². The molecule has 21 heavy (non-hydrogen) atoms. The second kappa shape index (κ2) is 6.15. The van der Waals surface area contributed by atoms with Gasteiger partial charge in [-0.15, -0.1) is 10.2 Å². The highest BCUT2D eigenvalue weighted by Crippen LogP contribution is 2.19. The lowest BCUT2D eigenvalue weighted by Gasteiger charge is -2.03. The summed E-state index contributed by atoms with van der Waals surface area (Å²) in [5.74, 6) is -0.348. The van der Waals surface area contributed by atoms with Crippen molar-refractivity contribution in [1.82, 2.24) is 24.7 Å². The number of anilines is 2. The van der Waals surface area contributed by atoms with Crippen LogP contribution in [0.4, 0.5) is 10.8 Å². The Morgan fingerprint density at radius 3 is 2.86 bits per heavy atom. The number of hydrogen-bond acceptors (Lipinski definition) is 8. The Bertz CT molecular complexity index is 736. The Morgan fingerprint density at radius 2 is 2.24 bits per heavy atom. The molecule has 0 saturated carbocycles. The summed E-state index contributed by atoms with van der Waals surface area (Å²) in [6, 6.07) is 0. The van der Waals surface area contributed by atoms with Gasteiger partial charge >= 0.3 is 0 Å². The van der Waals surface area contributed by atoms with Crippen molar-refractivity contribution < 1.29 is 13.2 Å². The fourth-order valence-electron chi connectivity index (χ4n) is 1.38. The van der Waals surface area contributed by atoms with Gasteiger partial charge in [-0.1, -0.05) is 11.3 Å². The zero-order valence-corrected chi connectivity index (χ0v) is 12.6. The molecule has 2 aromatic heterocycles. The first-order valence-corrected chi connectivity index (χ1v) is 8.05. The van der Waals surface area contributed by atoms with Crippen LogP contribution in [0.25, 0.3) is 0 Å². The quantitative estimate of drug-likeness (QED) is 0.591. The molecular weight excluding hydrogens is 318 g/mol. The van der Waals surface area contributed by atoms with Gasteiger partial charge in [-0.05, 0) is 0 Å². The zero-order valence-electron chi connectivity index (χ0n) is 11.0. The van der Waals surface area contributed by atoms with Crippen LogP contribution in [0.1, 0.15) is 6.92 Å². The van der Waals surface area contributed by atoms with Crippen LogP contribution in [0.15, 0.2) is 16.7 Å². The van der Waals surface area contributed by atoms with Crippen LogP contribution in [-0.2, 0) is 21.4 Å². The lowest BCUT2D eigenvalue weighted by molar-refractivity contribution is -0.114. The maximum absolute atomic E-state index is 12.0. The molecule has 0 saturated heterocycles. The van der Waals surface area contributed by atoms with Crippen molar-refractivity contribution in [3.8, 4) is 0 Å². The largest absolute Gasteiger partial charge is 0.396 e. The van der Waals surface area contributed by atoms with E-state index in [1.54, 1.807) is 6.20 Å². The molecule has 2 aromatic rings. The Morgan fingerprint density at radius 1 is 1.48 bits per heavy atom. The Balaban J connectivity index is 1.94. The number of nitrogens with two attached hydrogens (primary N) is 1. The molecule has 0 aliphatic heterocycles. The lowest BCUT2D eigenvalue weighted by atomic mass is 10.6. The molecule has 0 atom stereocenters. The van der Waals surface area contributed by atoms with Gasteiger partial charge in [0, 0.05) is 19.7 Å². The highest BCUT2D eigenvalue weighted by atomic mass is 32.2. The van der Waals surface area contributed by atoms with E-state index in [0.29, 0.717) is 12.2 Å². The topological polar surface area (TPSA) is 145 Å². The van der Waals surface area contributed by atoms with E-state index >= 15 is 0 Å². The summed E-state index contributed by atoms with van der Waals surface area (Å²) in [5.41, 5.74) is 6.00. The third kappa shape index (κ3) is 4.21. The molecule has 0 bridgehead atoms. The van der Waals surface area contributed by atoms with Crippen LogP contribution in [0.2, 0.25) is 0 Å². The van der Waals surface area contributed by atoms with Gasteiger partial charge in [0.05, 0.1) is 18.4 Å². The predicted molar refractivity (Wildman–Crippen MR) is 76.0 cm³/mol. The zero-order chi connectivity index (χ0) is 15.5. The summed E-state index contributed by atoms with van der Waals surface area (Å²) in [6.45, 7) is 1.75. The Hall–Kier alpha value is -2.05. The average molecular weight is 331 g/mol. The van der Waals surface area contributed by atoms with Crippen molar-refractivity contribution in [1.29, 1.82) is 0 Å². The number of nitrogens with one attached hydrogen (secondary N) is 2. The summed E-state index contributed by atoms with van der Waals surface area (Å²) >= 11 is 0.771. The third-order valence-electron chi connectivity index (χ3n) is 2.21. The first-order valence-electron chi connectivity index (χ1n) is 5.75. The van der Waals surface area contributed by atoms with E-state index in [0.717, 1.165) is 11.3 Å². The van der Waals surface area contributed by atoms with Crippen LogP contribution < -0.4 is 15.8 Å². The number of hydrogen-bond donors (Lipinski definition) is 3. The van der Waals surface area contributed by atoms with E-state index in [1.165, 1.54) is 17.8 Å². The number of rotatable bonds is 6. The minimum absolute atomic E-state index is 0.124. The van der Waals surface area contributed by atoms with Crippen molar-refractivity contribution in [2.24, 2.45) is 0 Å². The van der Waals surface area contributed by atoms with Crippen molar-refractivity contribution in [3.63, 3.8) is 0 Å². The van der Waals surface area contributed by atoms with Gasteiger partial charge in [-0.25, -0.2) is 13.1 Å². The fourth-order valence-corrected chi connectivity index (χ4v) is 3.39. The Labute approximate surface area is 124 Å². The van der Waals surface area contributed by atoms with Gasteiger partial charge in [0.2, 0.25) is 15.4 Å². The maximum atomic E-state index is 12.0. The molecule has 0 aromatic carbocycles. The monoisotopic (exact) mass is 331 g/mol. The first kappa shape index (κ1) is 15.3. The molecule has 114 valence electrons.